The number of carboxylic acid groups (broad SMARTS) is 1. The van der Waals surface area contributed by atoms with Crippen molar-refractivity contribution in [1.29, 1.82) is 5.41 Å². The Bertz CT molecular complexity index is 917. The van der Waals surface area contributed by atoms with Crippen molar-refractivity contribution in [3.8, 4) is 0 Å². The Hall–Kier alpha value is -3.41. The third-order valence-corrected chi connectivity index (χ3v) is 4.70. The van der Waals surface area contributed by atoms with Crippen molar-refractivity contribution in [1.82, 2.24) is 0 Å². The third kappa shape index (κ3) is 4.61. The summed E-state index contributed by atoms with van der Waals surface area (Å²) in [4.78, 5) is 23.1. The number of aryl methyl sites for hydroxylation is 1. The Morgan fingerprint density at radius 2 is 1.81 bits per heavy atom. The zero-order valence-corrected chi connectivity index (χ0v) is 14.7. The van der Waals surface area contributed by atoms with E-state index < -0.39 is 5.97 Å². The SMILES string of the molecule is N=C(N)c1ccc(C(=O)Nc2ccc3c(c2)CCC(C=CC(=O)O)C3)cc1. The smallest absolute Gasteiger partial charge is 0.327 e. The average molecular weight is 363 g/mol. The molecule has 0 radical (unpaired) electrons. The summed E-state index contributed by atoms with van der Waals surface area (Å²) < 4.78 is 0. The maximum atomic E-state index is 12.4. The van der Waals surface area contributed by atoms with Crippen LogP contribution in [0.2, 0.25) is 0 Å². The van der Waals surface area contributed by atoms with Crippen molar-refractivity contribution >= 4 is 23.4 Å². The molecule has 1 aliphatic carbocycles. The first-order chi connectivity index (χ1) is 12.9. The summed E-state index contributed by atoms with van der Waals surface area (Å²) in [7, 11) is 0. The molecule has 3 rings (SSSR count). The van der Waals surface area contributed by atoms with E-state index in [2.05, 4.69) is 5.32 Å². The van der Waals surface area contributed by atoms with Gasteiger partial charge < -0.3 is 16.2 Å². The fraction of sp³-hybridized carbons (Fsp3) is 0.190. The number of carboxylic acids is 1. The number of anilines is 1. The molecule has 2 aromatic rings. The molecule has 6 nitrogen and oxygen atoms in total. The van der Waals surface area contributed by atoms with Crippen LogP contribution in [0.25, 0.3) is 0 Å². The molecule has 0 saturated heterocycles. The number of rotatable bonds is 5. The molecule has 5 N–H and O–H groups in total. The Morgan fingerprint density at radius 3 is 2.48 bits per heavy atom. The van der Waals surface area contributed by atoms with Gasteiger partial charge in [-0.2, -0.15) is 0 Å². The van der Waals surface area contributed by atoms with Gasteiger partial charge in [0.05, 0.1) is 0 Å². The number of carbonyl (C=O) groups excluding carboxylic acids is 1. The molecule has 0 spiro atoms. The fourth-order valence-electron chi connectivity index (χ4n) is 3.25. The van der Waals surface area contributed by atoms with Crippen LogP contribution in [0.5, 0.6) is 0 Å². The molecule has 0 aromatic heterocycles. The Morgan fingerprint density at radius 1 is 1.11 bits per heavy atom. The van der Waals surface area contributed by atoms with Crippen LogP contribution < -0.4 is 11.1 Å². The number of benzene rings is 2. The quantitative estimate of drug-likeness (QED) is 0.371. The lowest BCUT2D eigenvalue weighted by atomic mass is 9.83. The molecule has 0 fully saturated rings. The Balaban J connectivity index is 1.68. The van der Waals surface area contributed by atoms with Gasteiger partial charge in [0.25, 0.3) is 5.91 Å². The van der Waals surface area contributed by atoms with Crippen molar-refractivity contribution in [2.45, 2.75) is 19.3 Å². The van der Waals surface area contributed by atoms with Gasteiger partial charge in [0.15, 0.2) is 0 Å². The Kier molecular flexibility index (Phi) is 5.35. The van der Waals surface area contributed by atoms with E-state index >= 15 is 0 Å². The van der Waals surface area contributed by atoms with Crippen LogP contribution in [-0.4, -0.2) is 22.8 Å². The average Bonchev–Trinajstić information content (AvgIpc) is 2.66. The summed E-state index contributed by atoms with van der Waals surface area (Å²) in [5, 5.41) is 19.0. The van der Waals surface area contributed by atoms with Gasteiger partial charge in [-0.25, -0.2) is 4.79 Å². The molecule has 0 heterocycles. The number of carbonyl (C=O) groups is 2. The van der Waals surface area contributed by atoms with Gasteiger partial charge in [-0.3, -0.25) is 10.2 Å². The largest absolute Gasteiger partial charge is 0.478 e. The molecule has 1 unspecified atom stereocenters. The second-order valence-corrected chi connectivity index (χ2v) is 6.63. The van der Waals surface area contributed by atoms with E-state index in [9.17, 15) is 9.59 Å². The lowest BCUT2D eigenvalue weighted by Crippen LogP contribution is -2.16. The lowest BCUT2D eigenvalue weighted by Gasteiger charge is -2.22. The number of aliphatic carboxylic acids is 1. The topological polar surface area (TPSA) is 116 Å². The van der Waals surface area contributed by atoms with E-state index in [0.717, 1.165) is 24.9 Å². The number of hydrogen-bond donors (Lipinski definition) is 4. The predicted octanol–water partition coefficient (Wildman–Crippen LogP) is 2.97. The molecule has 0 saturated carbocycles. The zero-order valence-electron chi connectivity index (χ0n) is 14.7. The number of hydrogen-bond acceptors (Lipinski definition) is 3. The number of nitrogen functional groups attached to an aromatic ring is 1. The van der Waals surface area contributed by atoms with Crippen molar-refractivity contribution in [3.05, 3.63) is 76.9 Å². The van der Waals surface area contributed by atoms with Gasteiger partial charge in [0.1, 0.15) is 5.84 Å². The van der Waals surface area contributed by atoms with E-state index in [1.54, 1.807) is 30.3 Å². The fourth-order valence-corrected chi connectivity index (χ4v) is 3.25. The van der Waals surface area contributed by atoms with E-state index in [1.807, 2.05) is 18.2 Å². The number of fused-ring (bicyclic) bond motifs is 1. The van der Waals surface area contributed by atoms with Crippen LogP contribution >= 0.6 is 0 Å². The zero-order chi connectivity index (χ0) is 19.4. The first-order valence-corrected chi connectivity index (χ1v) is 8.71. The standard InChI is InChI=1S/C21H21N3O3/c22-20(23)14-4-6-15(7-5-14)21(27)24-18-9-8-16-11-13(2-10-19(25)26)1-3-17(16)12-18/h2,4-10,12-13H,1,3,11H2,(H3,22,23)(H,24,27)(H,25,26). The first-order valence-electron chi connectivity index (χ1n) is 8.71. The van der Waals surface area contributed by atoms with Gasteiger partial charge in [0, 0.05) is 22.9 Å². The third-order valence-electron chi connectivity index (χ3n) is 4.70. The van der Waals surface area contributed by atoms with Crippen LogP contribution in [0.15, 0.2) is 54.6 Å². The molecule has 1 aliphatic rings. The van der Waals surface area contributed by atoms with Gasteiger partial charge in [-0.05, 0) is 60.6 Å². The minimum atomic E-state index is -0.921. The normalized spacial score (nSPS) is 15.9. The van der Waals surface area contributed by atoms with Gasteiger partial charge in [-0.15, -0.1) is 0 Å². The van der Waals surface area contributed by atoms with Crippen LogP contribution in [0.3, 0.4) is 0 Å². The summed E-state index contributed by atoms with van der Waals surface area (Å²) in [5.41, 5.74) is 9.59. The molecule has 6 heteroatoms. The number of amidine groups is 1. The minimum Gasteiger partial charge on any atom is -0.478 e. The van der Waals surface area contributed by atoms with Crippen molar-refractivity contribution in [3.63, 3.8) is 0 Å². The molecule has 2 aromatic carbocycles. The van der Waals surface area contributed by atoms with E-state index in [4.69, 9.17) is 16.2 Å². The number of nitrogens with one attached hydrogen (secondary N) is 2. The summed E-state index contributed by atoms with van der Waals surface area (Å²) >= 11 is 0. The maximum absolute atomic E-state index is 12.4. The number of amides is 1. The summed E-state index contributed by atoms with van der Waals surface area (Å²) in [6, 6.07) is 12.4. The van der Waals surface area contributed by atoms with E-state index in [0.29, 0.717) is 11.1 Å². The molecular weight excluding hydrogens is 342 g/mol. The van der Waals surface area contributed by atoms with Crippen molar-refractivity contribution in [2.75, 3.05) is 5.32 Å². The van der Waals surface area contributed by atoms with Crippen LogP contribution in [0.1, 0.15) is 33.5 Å². The number of allylic oxidation sites excluding steroid dienone is 1. The highest BCUT2D eigenvalue weighted by Gasteiger charge is 2.17. The molecule has 138 valence electrons. The predicted molar refractivity (Wildman–Crippen MR) is 104 cm³/mol. The summed E-state index contributed by atoms with van der Waals surface area (Å²) in [6.07, 6.45) is 5.51. The molecule has 0 bridgehead atoms. The molecular formula is C21H21N3O3. The monoisotopic (exact) mass is 363 g/mol. The summed E-state index contributed by atoms with van der Waals surface area (Å²) in [6.45, 7) is 0. The van der Waals surface area contributed by atoms with Crippen molar-refractivity contribution in [2.24, 2.45) is 11.7 Å². The molecule has 1 amide bonds. The van der Waals surface area contributed by atoms with Crippen LogP contribution in [0.4, 0.5) is 5.69 Å². The molecule has 0 aliphatic heterocycles. The minimum absolute atomic E-state index is 0.0341. The second-order valence-electron chi connectivity index (χ2n) is 6.63. The molecule has 1 atom stereocenters. The van der Waals surface area contributed by atoms with Crippen molar-refractivity contribution < 1.29 is 14.7 Å². The van der Waals surface area contributed by atoms with Crippen LogP contribution in [-0.2, 0) is 17.6 Å². The Labute approximate surface area is 157 Å². The second kappa shape index (κ2) is 7.86. The molecule has 27 heavy (non-hydrogen) atoms. The van der Waals surface area contributed by atoms with E-state index in [-0.39, 0.29) is 17.7 Å². The van der Waals surface area contributed by atoms with Gasteiger partial charge in [-0.1, -0.05) is 24.3 Å². The highest BCUT2D eigenvalue weighted by atomic mass is 16.4. The van der Waals surface area contributed by atoms with Crippen LogP contribution in [0, 0.1) is 11.3 Å². The summed E-state index contributed by atoms with van der Waals surface area (Å²) in [5.74, 6) is -0.944. The van der Waals surface area contributed by atoms with Gasteiger partial charge >= 0.3 is 5.97 Å². The van der Waals surface area contributed by atoms with Gasteiger partial charge in [0.2, 0.25) is 0 Å². The van der Waals surface area contributed by atoms with E-state index in [1.165, 1.54) is 17.2 Å². The number of nitrogens with two attached hydrogens (primary N) is 1. The highest BCUT2D eigenvalue weighted by Crippen LogP contribution is 2.28. The lowest BCUT2D eigenvalue weighted by molar-refractivity contribution is -0.131. The maximum Gasteiger partial charge on any atom is 0.327 e. The highest BCUT2D eigenvalue weighted by molar-refractivity contribution is 6.05. The first kappa shape index (κ1) is 18.4.